The van der Waals surface area contributed by atoms with Crippen molar-refractivity contribution < 1.29 is 23.1 Å². The molecule has 2 rings (SSSR count). The van der Waals surface area contributed by atoms with Gasteiger partial charge in [-0.05, 0) is 25.7 Å². The Morgan fingerprint density at radius 3 is 2.21 bits per heavy atom. The molecule has 0 saturated carbocycles. The molecule has 2 fully saturated rings. The van der Waals surface area contributed by atoms with E-state index in [2.05, 4.69) is 4.90 Å². The van der Waals surface area contributed by atoms with Gasteiger partial charge in [0, 0.05) is 26.2 Å². The maximum atomic E-state index is 11.4. The second-order valence-corrected chi connectivity index (χ2v) is 7.73. The number of aliphatic carboxylic acids is 1. The van der Waals surface area contributed by atoms with Crippen LogP contribution in [0.15, 0.2) is 0 Å². The molecule has 0 radical (unpaired) electrons. The highest BCUT2D eigenvalue weighted by Gasteiger charge is 2.43. The second-order valence-electron chi connectivity index (χ2n) is 5.42. The minimum atomic E-state index is -2.84. The Morgan fingerprint density at radius 2 is 1.79 bits per heavy atom. The van der Waals surface area contributed by atoms with Crippen molar-refractivity contribution in [2.24, 2.45) is 0 Å². The van der Waals surface area contributed by atoms with Crippen molar-refractivity contribution in [3.63, 3.8) is 0 Å². The highest BCUT2D eigenvalue weighted by molar-refractivity contribution is 7.91. The van der Waals surface area contributed by atoms with E-state index < -0.39 is 21.4 Å². The number of hydrogen-bond donors (Lipinski definition) is 1. The van der Waals surface area contributed by atoms with E-state index >= 15 is 0 Å². The zero-order chi connectivity index (χ0) is 14.1. The van der Waals surface area contributed by atoms with Gasteiger partial charge in [0.25, 0.3) is 0 Å². The van der Waals surface area contributed by atoms with Gasteiger partial charge in [-0.25, -0.2) is 13.2 Å². The van der Waals surface area contributed by atoms with Crippen LogP contribution in [0.25, 0.3) is 0 Å². The van der Waals surface area contributed by atoms with Gasteiger partial charge in [0.1, 0.15) is 9.84 Å². The number of rotatable bonds is 3. The van der Waals surface area contributed by atoms with Crippen molar-refractivity contribution in [1.29, 1.82) is 0 Å². The first-order valence-corrected chi connectivity index (χ1v) is 8.44. The Balaban J connectivity index is 1.92. The van der Waals surface area contributed by atoms with Crippen LogP contribution in [0.1, 0.15) is 25.7 Å². The number of hydrogen-bond acceptors (Lipinski definition) is 5. The average Bonchev–Trinajstić information content (AvgIpc) is 2.39. The van der Waals surface area contributed by atoms with Crippen molar-refractivity contribution in [2.45, 2.75) is 37.3 Å². The Kier molecular flexibility index (Phi) is 4.17. The molecular formula is C12H21NO5S. The van der Waals surface area contributed by atoms with Crippen LogP contribution in [0, 0.1) is 0 Å². The number of ether oxygens (including phenoxy) is 1. The van der Waals surface area contributed by atoms with Crippen molar-refractivity contribution in [2.75, 3.05) is 31.7 Å². The Bertz CT molecular complexity index is 425. The van der Waals surface area contributed by atoms with E-state index in [0.29, 0.717) is 38.8 Å². The number of methoxy groups -OCH3 is 1. The Hall–Kier alpha value is -0.660. The molecule has 0 spiro atoms. The third-order valence-electron chi connectivity index (χ3n) is 4.43. The van der Waals surface area contributed by atoms with E-state index in [1.807, 2.05) is 0 Å². The molecule has 0 atom stereocenters. The van der Waals surface area contributed by atoms with Crippen LogP contribution < -0.4 is 0 Å². The zero-order valence-corrected chi connectivity index (χ0v) is 12.0. The number of likely N-dealkylation sites (tertiary alicyclic amines) is 1. The summed E-state index contributed by atoms with van der Waals surface area (Å²) in [7, 11) is -1.40. The summed E-state index contributed by atoms with van der Waals surface area (Å²) in [6.45, 7) is 1.32. The topological polar surface area (TPSA) is 83.9 Å². The average molecular weight is 291 g/mol. The van der Waals surface area contributed by atoms with Crippen molar-refractivity contribution in [1.82, 2.24) is 4.90 Å². The Labute approximate surface area is 113 Å². The van der Waals surface area contributed by atoms with Gasteiger partial charge >= 0.3 is 5.97 Å². The maximum absolute atomic E-state index is 11.4. The molecule has 0 aliphatic carbocycles. The third kappa shape index (κ3) is 3.09. The molecule has 0 bridgehead atoms. The SMILES string of the molecule is COC1(C(=O)O)CCN(C2CCS(=O)(=O)CC2)CC1. The molecule has 2 heterocycles. The first kappa shape index (κ1) is 14.7. The van der Waals surface area contributed by atoms with Gasteiger partial charge < -0.3 is 14.7 Å². The molecule has 0 aromatic heterocycles. The third-order valence-corrected chi connectivity index (χ3v) is 6.14. The van der Waals surface area contributed by atoms with Crippen molar-refractivity contribution >= 4 is 15.8 Å². The molecule has 2 aliphatic heterocycles. The smallest absolute Gasteiger partial charge is 0.336 e. The number of carboxylic acids is 1. The summed E-state index contributed by atoms with van der Waals surface area (Å²) in [6.07, 6.45) is 2.24. The number of sulfone groups is 1. The van der Waals surface area contributed by atoms with E-state index in [9.17, 15) is 18.3 Å². The molecule has 1 N–H and O–H groups in total. The molecular weight excluding hydrogens is 270 g/mol. The van der Waals surface area contributed by atoms with Gasteiger partial charge in [0.2, 0.25) is 0 Å². The lowest BCUT2D eigenvalue weighted by Gasteiger charge is -2.42. The predicted molar refractivity (Wildman–Crippen MR) is 69.9 cm³/mol. The standard InChI is InChI=1S/C12H21NO5S/c1-18-12(11(14)15)4-6-13(7-5-12)10-2-8-19(16,17)9-3-10/h10H,2-9H2,1H3,(H,14,15). The molecule has 6 nitrogen and oxygen atoms in total. The summed E-state index contributed by atoms with van der Waals surface area (Å²) in [5, 5.41) is 9.23. The highest BCUT2D eigenvalue weighted by atomic mass is 32.2. The summed E-state index contributed by atoms with van der Waals surface area (Å²) in [5.41, 5.74) is -1.06. The van der Waals surface area contributed by atoms with Gasteiger partial charge in [0.15, 0.2) is 5.60 Å². The molecule has 2 saturated heterocycles. The number of carbonyl (C=O) groups is 1. The normalized spacial score (nSPS) is 28.1. The quantitative estimate of drug-likeness (QED) is 0.795. The second kappa shape index (κ2) is 5.38. The molecule has 0 unspecified atom stereocenters. The lowest BCUT2D eigenvalue weighted by molar-refractivity contribution is -0.169. The number of nitrogens with zero attached hydrogens (tertiary/aromatic N) is 1. The fraction of sp³-hybridized carbons (Fsp3) is 0.917. The van der Waals surface area contributed by atoms with Crippen LogP contribution in [-0.4, -0.2) is 67.7 Å². The zero-order valence-electron chi connectivity index (χ0n) is 11.2. The van der Waals surface area contributed by atoms with Crippen LogP contribution in [-0.2, 0) is 19.4 Å². The molecule has 0 aromatic carbocycles. The molecule has 0 amide bonds. The lowest BCUT2D eigenvalue weighted by Crippen LogP contribution is -2.54. The van der Waals surface area contributed by atoms with E-state index in [1.54, 1.807) is 0 Å². The van der Waals surface area contributed by atoms with Crippen LogP contribution in [0.5, 0.6) is 0 Å². The summed E-state index contributed by atoms with van der Waals surface area (Å²) < 4.78 is 28.0. The fourth-order valence-electron chi connectivity index (χ4n) is 3.00. The van der Waals surface area contributed by atoms with Gasteiger partial charge in [-0.1, -0.05) is 0 Å². The summed E-state index contributed by atoms with van der Waals surface area (Å²) >= 11 is 0. The molecule has 19 heavy (non-hydrogen) atoms. The van der Waals surface area contributed by atoms with Crippen LogP contribution in [0.4, 0.5) is 0 Å². The fourth-order valence-corrected chi connectivity index (χ4v) is 4.46. The highest BCUT2D eigenvalue weighted by Crippen LogP contribution is 2.29. The largest absolute Gasteiger partial charge is 0.479 e. The van der Waals surface area contributed by atoms with E-state index in [1.165, 1.54) is 7.11 Å². The predicted octanol–water partition coefficient (Wildman–Crippen LogP) is 0.129. The number of carboxylic acid groups (broad SMARTS) is 1. The molecule has 7 heteroatoms. The summed E-state index contributed by atoms with van der Waals surface area (Å²) in [5.74, 6) is -0.397. The molecule has 110 valence electrons. The monoisotopic (exact) mass is 291 g/mol. The first-order chi connectivity index (χ1) is 8.88. The summed E-state index contributed by atoms with van der Waals surface area (Å²) in [6, 6.07) is 0.271. The molecule has 0 aromatic rings. The van der Waals surface area contributed by atoms with Gasteiger partial charge in [-0.2, -0.15) is 0 Å². The van der Waals surface area contributed by atoms with Gasteiger partial charge in [-0.15, -0.1) is 0 Å². The minimum absolute atomic E-state index is 0.252. The van der Waals surface area contributed by atoms with Gasteiger partial charge in [0.05, 0.1) is 11.5 Å². The van der Waals surface area contributed by atoms with Crippen LogP contribution >= 0.6 is 0 Å². The lowest BCUT2D eigenvalue weighted by atomic mass is 9.90. The van der Waals surface area contributed by atoms with E-state index in [-0.39, 0.29) is 17.5 Å². The van der Waals surface area contributed by atoms with E-state index in [4.69, 9.17) is 4.74 Å². The van der Waals surface area contributed by atoms with Crippen molar-refractivity contribution in [3.05, 3.63) is 0 Å². The number of piperidine rings is 1. The van der Waals surface area contributed by atoms with Crippen LogP contribution in [0.3, 0.4) is 0 Å². The van der Waals surface area contributed by atoms with Crippen molar-refractivity contribution in [3.8, 4) is 0 Å². The van der Waals surface area contributed by atoms with Crippen LogP contribution in [0.2, 0.25) is 0 Å². The van der Waals surface area contributed by atoms with Gasteiger partial charge in [-0.3, -0.25) is 0 Å². The molecule has 2 aliphatic rings. The Morgan fingerprint density at radius 1 is 1.26 bits per heavy atom. The summed E-state index contributed by atoms with van der Waals surface area (Å²) in [4.78, 5) is 13.5. The first-order valence-electron chi connectivity index (χ1n) is 6.62. The minimum Gasteiger partial charge on any atom is -0.479 e. The maximum Gasteiger partial charge on any atom is 0.336 e. The van der Waals surface area contributed by atoms with E-state index in [0.717, 1.165) is 0 Å².